The zero-order chi connectivity index (χ0) is 18.4. The Morgan fingerprint density at radius 3 is 2.40 bits per heavy atom. The van der Waals surface area contributed by atoms with E-state index in [0.29, 0.717) is 6.54 Å². The number of nitrogens with one attached hydrogen (secondary N) is 1. The number of aromatic nitrogens is 1. The van der Waals surface area contributed by atoms with Crippen LogP contribution in [0.4, 0.5) is 0 Å². The molecule has 0 spiro atoms. The summed E-state index contributed by atoms with van der Waals surface area (Å²) in [6, 6.07) is 8.62. The molecular formula is C21H33N3O. The zero-order valence-corrected chi connectivity index (χ0v) is 16.4. The lowest BCUT2D eigenvalue weighted by Crippen LogP contribution is -2.37. The number of nitrogens with zero attached hydrogens (tertiary/aromatic N) is 2. The summed E-state index contributed by atoms with van der Waals surface area (Å²) >= 11 is 0. The molecule has 1 aromatic heterocycles. The quantitative estimate of drug-likeness (QED) is 0.744. The smallest absolute Gasteiger partial charge is 0.223 e. The van der Waals surface area contributed by atoms with Gasteiger partial charge in [-0.25, -0.2) is 0 Å². The molecule has 4 nitrogen and oxygen atoms in total. The van der Waals surface area contributed by atoms with Crippen molar-refractivity contribution in [2.45, 2.75) is 45.6 Å². The fraction of sp³-hybridized carbons (Fsp3) is 0.571. The molecule has 0 saturated carbocycles. The lowest BCUT2D eigenvalue weighted by Gasteiger charge is -2.26. The molecule has 2 rings (SSSR count). The minimum atomic E-state index is 0.144. The van der Waals surface area contributed by atoms with E-state index in [1.54, 1.807) is 0 Å². The highest BCUT2D eigenvalue weighted by molar-refractivity contribution is 5.84. The standard InChI is InChI=1S/C21H33N3O/c1-6-10-16(11-7-2)21(25)22-14-20(23(3)4)18-15-24(5)19-13-9-8-12-17(18)19/h8-9,12-13,15-16,20H,6-7,10-11,14H2,1-5H3,(H,22,25). The molecule has 1 atom stereocenters. The molecule has 1 unspecified atom stereocenters. The first kappa shape index (κ1) is 19.5. The first-order chi connectivity index (χ1) is 12.0. The summed E-state index contributed by atoms with van der Waals surface area (Å²) in [6.45, 7) is 4.94. The first-order valence-corrected chi connectivity index (χ1v) is 9.47. The predicted molar refractivity (Wildman–Crippen MR) is 106 cm³/mol. The van der Waals surface area contributed by atoms with Crippen LogP contribution in [0.15, 0.2) is 30.5 Å². The number of carbonyl (C=O) groups excluding carboxylic acids is 1. The Hall–Kier alpha value is -1.81. The normalized spacial score (nSPS) is 12.9. The second-order valence-electron chi connectivity index (χ2n) is 7.21. The van der Waals surface area contributed by atoms with Crippen LogP contribution in [0.25, 0.3) is 10.9 Å². The molecule has 138 valence electrons. The number of amides is 1. The van der Waals surface area contributed by atoms with Crippen LogP contribution in [0.1, 0.15) is 51.1 Å². The third kappa shape index (κ3) is 4.63. The number of benzene rings is 1. The van der Waals surface area contributed by atoms with Crippen LogP contribution in [0.3, 0.4) is 0 Å². The number of rotatable bonds is 9. The van der Waals surface area contributed by atoms with Crippen molar-refractivity contribution in [1.29, 1.82) is 0 Å². The molecule has 1 amide bonds. The number of carbonyl (C=O) groups is 1. The lowest BCUT2D eigenvalue weighted by molar-refractivity contribution is -0.125. The van der Waals surface area contributed by atoms with Crippen molar-refractivity contribution in [2.24, 2.45) is 13.0 Å². The van der Waals surface area contributed by atoms with Crippen molar-refractivity contribution >= 4 is 16.8 Å². The molecule has 0 aliphatic carbocycles. The number of fused-ring (bicyclic) bond motifs is 1. The molecule has 0 aliphatic heterocycles. The highest BCUT2D eigenvalue weighted by atomic mass is 16.1. The van der Waals surface area contributed by atoms with Gasteiger partial charge in [0.1, 0.15) is 0 Å². The first-order valence-electron chi connectivity index (χ1n) is 9.47. The van der Waals surface area contributed by atoms with Gasteiger partial charge in [-0.1, -0.05) is 44.9 Å². The number of likely N-dealkylation sites (N-methyl/N-ethyl adjacent to an activating group) is 1. The maximum Gasteiger partial charge on any atom is 0.223 e. The molecule has 1 N–H and O–H groups in total. The average Bonchev–Trinajstić information content (AvgIpc) is 2.92. The van der Waals surface area contributed by atoms with Crippen molar-refractivity contribution in [3.05, 3.63) is 36.0 Å². The van der Waals surface area contributed by atoms with Crippen LogP contribution >= 0.6 is 0 Å². The van der Waals surface area contributed by atoms with Gasteiger partial charge in [0, 0.05) is 36.6 Å². The van der Waals surface area contributed by atoms with E-state index in [1.807, 2.05) is 0 Å². The van der Waals surface area contributed by atoms with E-state index in [9.17, 15) is 4.79 Å². The van der Waals surface area contributed by atoms with Crippen molar-refractivity contribution < 1.29 is 4.79 Å². The van der Waals surface area contributed by atoms with Gasteiger partial charge in [-0.3, -0.25) is 4.79 Å². The van der Waals surface area contributed by atoms with Crippen LogP contribution in [0, 0.1) is 5.92 Å². The van der Waals surface area contributed by atoms with Crippen LogP contribution < -0.4 is 5.32 Å². The van der Waals surface area contributed by atoms with Crippen LogP contribution in [-0.2, 0) is 11.8 Å². The molecule has 0 radical (unpaired) electrons. The topological polar surface area (TPSA) is 37.3 Å². The number of aryl methyl sites for hydroxylation is 1. The van der Waals surface area contributed by atoms with E-state index in [4.69, 9.17) is 0 Å². The fourth-order valence-corrected chi connectivity index (χ4v) is 3.65. The SMILES string of the molecule is CCCC(CCC)C(=O)NCC(c1cn(C)c2ccccc12)N(C)C. The third-order valence-electron chi connectivity index (χ3n) is 5.02. The highest BCUT2D eigenvalue weighted by Crippen LogP contribution is 2.28. The molecular weight excluding hydrogens is 310 g/mol. The van der Waals surface area contributed by atoms with Gasteiger partial charge in [-0.15, -0.1) is 0 Å². The van der Waals surface area contributed by atoms with Gasteiger partial charge in [-0.05, 0) is 38.6 Å². The van der Waals surface area contributed by atoms with E-state index < -0.39 is 0 Å². The Balaban J connectivity index is 2.17. The van der Waals surface area contributed by atoms with Gasteiger partial charge in [0.05, 0.1) is 6.04 Å². The van der Waals surface area contributed by atoms with Crippen molar-refractivity contribution in [2.75, 3.05) is 20.6 Å². The van der Waals surface area contributed by atoms with Gasteiger partial charge >= 0.3 is 0 Å². The Kier molecular flexibility index (Phi) is 7.06. The summed E-state index contributed by atoms with van der Waals surface area (Å²) in [5, 5.41) is 4.48. The van der Waals surface area contributed by atoms with Gasteiger partial charge in [0.25, 0.3) is 0 Å². The van der Waals surface area contributed by atoms with Crippen molar-refractivity contribution in [3.63, 3.8) is 0 Å². The van der Waals surface area contributed by atoms with Crippen molar-refractivity contribution in [1.82, 2.24) is 14.8 Å². The fourth-order valence-electron chi connectivity index (χ4n) is 3.65. The van der Waals surface area contributed by atoms with Gasteiger partial charge in [-0.2, -0.15) is 0 Å². The minimum absolute atomic E-state index is 0.144. The van der Waals surface area contributed by atoms with Gasteiger partial charge in [0.15, 0.2) is 0 Å². The monoisotopic (exact) mass is 343 g/mol. The molecule has 0 saturated heterocycles. The number of hydrogen-bond acceptors (Lipinski definition) is 2. The van der Waals surface area contributed by atoms with E-state index in [2.05, 4.69) is 80.2 Å². The Bertz CT molecular complexity index is 684. The average molecular weight is 344 g/mol. The van der Waals surface area contributed by atoms with E-state index in [1.165, 1.54) is 16.5 Å². The van der Waals surface area contributed by atoms with Crippen LogP contribution in [0.5, 0.6) is 0 Å². The number of para-hydroxylation sites is 1. The summed E-state index contributed by atoms with van der Waals surface area (Å²) in [4.78, 5) is 14.8. The van der Waals surface area contributed by atoms with E-state index >= 15 is 0 Å². The summed E-state index contributed by atoms with van der Waals surface area (Å²) in [6.07, 6.45) is 6.25. The van der Waals surface area contributed by atoms with E-state index in [-0.39, 0.29) is 17.9 Å². The number of hydrogen-bond donors (Lipinski definition) is 1. The Morgan fingerprint density at radius 2 is 1.80 bits per heavy atom. The highest BCUT2D eigenvalue weighted by Gasteiger charge is 2.22. The lowest BCUT2D eigenvalue weighted by atomic mass is 9.97. The summed E-state index contributed by atoms with van der Waals surface area (Å²) in [5.41, 5.74) is 2.50. The maximum absolute atomic E-state index is 12.6. The molecule has 2 aromatic rings. The molecule has 1 aromatic carbocycles. The summed E-state index contributed by atoms with van der Waals surface area (Å²) in [7, 11) is 6.23. The summed E-state index contributed by atoms with van der Waals surface area (Å²) < 4.78 is 2.17. The van der Waals surface area contributed by atoms with E-state index in [0.717, 1.165) is 25.7 Å². The second-order valence-corrected chi connectivity index (χ2v) is 7.21. The molecule has 1 heterocycles. The largest absolute Gasteiger partial charge is 0.354 e. The molecule has 25 heavy (non-hydrogen) atoms. The molecule has 0 aliphatic rings. The van der Waals surface area contributed by atoms with Crippen molar-refractivity contribution in [3.8, 4) is 0 Å². The molecule has 0 fully saturated rings. The summed E-state index contributed by atoms with van der Waals surface area (Å²) in [5.74, 6) is 0.348. The van der Waals surface area contributed by atoms with Crippen LogP contribution in [0.2, 0.25) is 0 Å². The van der Waals surface area contributed by atoms with Crippen LogP contribution in [-0.4, -0.2) is 36.0 Å². The second kappa shape index (κ2) is 9.04. The third-order valence-corrected chi connectivity index (χ3v) is 5.02. The Labute approximate surface area is 152 Å². The van der Waals surface area contributed by atoms with Gasteiger partial charge in [0.2, 0.25) is 5.91 Å². The van der Waals surface area contributed by atoms with Gasteiger partial charge < -0.3 is 14.8 Å². The Morgan fingerprint density at radius 1 is 1.16 bits per heavy atom. The molecule has 4 heteroatoms. The minimum Gasteiger partial charge on any atom is -0.354 e. The maximum atomic E-state index is 12.6. The molecule has 0 bridgehead atoms. The predicted octanol–water partition coefficient (Wildman–Crippen LogP) is 4.11. The zero-order valence-electron chi connectivity index (χ0n) is 16.4.